The van der Waals surface area contributed by atoms with Gasteiger partial charge in [0.2, 0.25) is 0 Å². The summed E-state index contributed by atoms with van der Waals surface area (Å²) in [6.45, 7) is 0.565. The number of pyridine rings is 1. The van der Waals surface area contributed by atoms with Crippen molar-refractivity contribution in [3.05, 3.63) is 76.8 Å². The molecule has 140 valence electrons. The highest BCUT2D eigenvalue weighted by atomic mass is 32.2. The molecular weight excluding hydrogens is 388 g/mol. The minimum Gasteiger partial charge on any atom is -0.497 e. The van der Waals surface area contributed by atoms with Crippen molar-refractivity contribution in [2.75, 3.05) is 13.7 Å². The number of nitrogens with zero attached hydrogens (tertiary/aromatic N) is 2. The third kappa shape index (κ3) is 3.93. The van der Waals surface area contributed by atoms with E-state index in [9.17, 15) is 4.79 Å². The summed E-state index contributed by atoms with van der Waals surface area (Å²) in [5.74, 6) is 0.790. The van der Waals surface area contributed by atoms with Gasteiger partial charge in [-0.3, -0.25) is 14.7 Å². The van der Waals surface area contributed by atoms with Gasteiger partial charge in [-0.2, -0.15) is 0 Å². The van der Waals surface area contributed by atoms with Crippen LogP contribution in [0.2, 0.25) is 0 Å². The number of ether oxygens (including phenoxy) is 1. The van der Waals surface area contributed by atoms with E-state index < -0.39 is 0 Å². The second-order valence-corrected chi connectivity index (χ2v) is 8.06. The van der Waals surface area contributed by atoms with Gasteiger partial charge in [0.15, 0.2) is 0 Å². The molecule has 0 spiro atoms. The quantitative estimate of drug-likeness (QED) is 0.454. The number of hydrogen-bond donors (Lipinski definition) is 0. The molecule has 1 aromatic heterocycles. The molecule has 2 heterocycles. The number of carbonyl (C=O) groups excluding carboxylic acids is 1. The van der Waals surface area contributed by atoms with Crippen LogP contribution in [0.5, 0.6) is 5.75 Å². The molecule has 0 bridgehead atoms. The lowest BCUT2D eigenvalue weighted by Gasteiger charge is -2.14. The van der Waals surface area contributed by atoms with E-state index in [1.54, 1.807) is 18.2 Å². The minimum absolute atomic E-state index is 0.0326. The Bertz CT molecular complexity index is 1080. The van der Waals surface area contributed by atoms with E-state index in [1.807, 2.05) is 60.7 Å². The fourth-order valence-corrected chi connectivity index (χ4v) is 4.37. The maximum Gasteiger partial charge on any atom is 0.266 e. The molecule has 0 N–H and O–H groups in total. The largest absolute Gasteiger partial charge is 0.497 e. The fraction of sp³-hybridized carbons (Fsp3) is 0.136. The Kier molecular flexibility index (Phi) is 5.41. The number of aromatic nitrogens is 1. The summed E-state index contributed by atoms with van der Waals surface area (Å²) < 4.78 is 5.78. The average Bonchev–Trinajstić information content (AvgIpc) is 2.99. The highest BCUT2D eigenvalue weighted by molar-refractivity contribution is 8.26. The van der Waals surface area contributed by atoms with E-state index in [1.165, 1.54) is 11.8 Å². The molecule has 0 atom stereocenters. The molecule has 4 nitrogen and oxygen atoms in total. The molecule has 0 aliphatic carbocycles. The first-order valence-corrected chi connectivity index (χ1v) is 10.1. The van der Waals surface area contributed by atoms with Crippen LogP contribution >= 0.6 is 24.0 Å². The van der Waals surface area contributed by atoms with Crippen LogP contribution in [-0.4, -0.2) is 33.8 Å². The molecule has 4 rings (SSSR count). The summed E-state index contributed by atoms with van der Waals surface area (Å²) in [5.41, 5.74) is 3.05. The Morgan fingerprint density at radius 3 is 2.79 bits per heavy atom. The lowest BCUT2D eigenvalue weighted by molar-refractivity contribution is -0.122. The Morgan fingerprint density at radius 2 is 2.00 bits per heavy atom. The van der Waals surface area contributed by atoms with Crippen LogP contribution in [0.15, 0.2) is 65.7 Å². The normalized spacial score (nSPS) is 15.6. The lowest BCUT2D eigenvalue weighted by atomic mass is 10.1. The van der Waals surface area contributed by atoms with Gasteiger partial charge in [-0.25, -0.2) is 0 Å². The van der Waals surface area contributed by atoms with Crippen LogP contribution in [0.4, 0.5) is 0 Å². The number of carbonyl (C=O) groups is 1. The number of hydrogen-bond acceptors (Lipinski definition) is 5. The van der Waals surface area contributed by atoms with Crippen LogP contribution in [0.25, 0.3) is 17.0 Å². The SMILES string of the molecule is COc1ccc(CCN2C(=O)/C(=C/c3ccc4ncccc4c3)SC2=S)cc1. The maximum absolute atomic E-state index is 12.8. The molecule has 2 aromatic carbocycles. The molecule has 1 saturated heterocycles. The van der Waals surface area contributed by atoms with Crippen LogP contribution in [-0.2, 0) is 11.2 Å². The second-order valence-electron chi connectivity index (χ2n) is 6.39. The Labute approximate surface area is 173 Å². The first kappa shape index (κ1) is 18.7. The first-order valence-electron chi connectivity index (χ1n) is 8.87. The molecule has 1 aliphatic rings. The maximum atomic E-state index is 12.8. The predicted octanol–water partition coefficient (Wildman–Crippen LogP) is 4.69. The zero-order valence-corrected chi connectivity index (χ0v) is 16.9. The van der Waals surface area contributed by atoms with Gasteiger partial charge >= 0.3 is 0 Å². The van der Waals surface area contributed by atoms with Gasteiger partial charge in [-0.15, -0.1) is 0 Å². The molecule has 3 aromatic rings. The second kappa shape index (κ2) is 8.12. The zero-order chi connectivity index (χ0) is 19.5. The Hall–Kier alpha value is -2.70. The molecule has 1 amide bonds. The van der Waals surface area contributed by atoms with Crippen molar-refractivity contribution in [3.8, 4) is 5.75 Å². The van der Waals surface area contributed by atoms with Crippen LogP contribution in [0, 0.1) is 0 Å². The topological polar surface area (TPSA) is 42.4 Å². The van der Waals surface area contributed by atoms with Gasteiger partial charge < -0.3 is 4.74 Å². The third-order valence-electron chi connectivity index (χ3n) is 4.58. The van der Waals surface area contributed by atoms with Crippen LogP contribution in [0.1, 0.15) is 11.1 Å². The van der Waals surface area contributed by atoms with Crippen LogP contribution < -0.4 is 4.74 Å². The summed E-state index contributed by atoms with van der Waals surface area (Å²) in [6.07, 6.45) is 4.42. The molecule has 0 saturated carbocycles. The van der Waals surface area contributed by atoms with Gasteiger partial charge in [0.25, 0.3) is 5.91 Å². The van der Waals surface area contributed by atoms with E-state index in [2.05, 4.69) is 4.98 Å². The van der Waals surface area contributed by atoms with Crippen molar-refractivity contribution < 1.29 is 9.53 Å². The predicted molar refractivity (Wildman–Crippen MR) is 118 cm³/mol. The van der Waals surface area contributed by atoms with Crippen molar-refractivity contribution >= 4 is 51.2 Å². The van der Waals surface area contributed by atoms with Gasteiger partial charge in [0.05, 0.1) is 17.5 Å². The van der Waals surface area contributed by atoms with Gasteiger partial charge in [0.1, 0.15) is 10.1 Å². The summed E-state index contributed by atoms with van der Waals surface area (Å²) in [7, 11) is 1.65. The summed E-state index contributed by atoms with van der Waals surface area (Å²) >= 11 is 6.80. The highest BCUT2D eigenvalue weighted by Gasteiger charge is 2.31. The van der Waals surface area contributed by atoms with E-state index in [4.69, 9.17) is 17.0 Å². The monoisotopic (exact) mass is 406 g/mol. The number of fused-ring (bicyclic) bond motifs is 1. The van der Waals surface area contributed by atoms with E-state index >= 15 is 0 Å². The smallest absolute Gasteiger partial charge is 0.266 e. The van der Waals surface area contributed by atoms with Crippen molar-refractivity contribution in [2.24, 2.45) is 0 Å². The van der Waals surface area contributed by atoms with Gasteiger partial charge in [-0.05, 0) is 54.0 Å². The molecule has 0 radical (unpaired) electrons. The van der Waals surface area contributed by atoms with Gasteiger partial charge in [-0.1, -0.05) is 48.2 Å². The molecular formula is C22H18N2O2S2. The Balaban J connectivity index is 1.48. The Morgan fingerprint density at radius 1 is 1.18 bits per heavy atom. The van der Waals surface area contributed by atoms with Crippen molar-refractivity contribution in [1.82, 2.24) is 9.88 Å². The number of amides is 1. The summed E-state index contributed by atoms with van der Waals surface area (Å²) in [5, 5.41) is 1.05. The molecule has 1 fully saturated rings. The minimum atomic E-state index is -0.0326. The number of rotatable bonds is 5. The molecule has 28 heavy (non-hydrogen) atoms. The molecule has 1 aliphatic heterocycles. The third-order valence-corrected chi connectivity index (χ3v) is 5.96. The lowest BCUT2D eigenvalue weighted by Crippen LogP contribution is -2.30. The first-order chi connectivity index (χ1) is 13.6. The van der Waals surface area contributed by atoms with Crippen molar-refractivity contribution in [3.63, 3.8) is 0 Å². The summed E-state index contributed by atoms with van der Waals surface area (Å²) in [6, 6.07) is 17.8. The zero-order valence-electron chi connectivity index (χ0n) is 15.3. The number of methoxy groups -OCH3 is 1. The highest BCUT2D eigenvalue weighted by Crippen LogP contribution is 2.33. The van der Waals surface area contributed by atoms with Gasteiger partial charge in [0, 0.05) is 18.1 Å². The number of thiocarbonyl (C=S) groups is 1. The number of benzene rings is 2. The summed E-state index contributed by atoms with van der Waals surface area (Å²) in [4.78, 5) is 19.5. The molecule has 6 heteroatoms. The standard InChI is InChI=1S/C22H18N2O2S2/c1-26-18-7-4-15(5-8-18)10-12-24-21(25)20(28-22(24)27)14-16-6-9-19-17(13-16)3-2-11-23-19/h2-9,11,13-14H,10,12H2,1H3/b20-14-. The average molecular weight is 407 g/mol. The van der Waals surface area contributed by atoms with Crippen molar-refractivity contribution in [1.29, 1.82) is 0 Å². The van der Waals surface area contributed by atoms with E-state index in [0.717, 1.165) is 34.2 Å². The van der Waals surface area contributed by atoms with E-state index in [-0.39, 0.29) is 5.91 Å². The fourth-order valence-electron chi connectivity index (χ4n) is 3.06. The van der Waals surface area contributed by atoms with Crippen molar-refractivity contribution in [2.45, 2.75) is 6.42 Å². The molecule has 0 unspecified atom stereocenters. The van der Waals surface area contributed by atoms with Crippen LogP contribution in [0.3, 0.4) is 0 Å². The van der Waals surface area contributed by atoms with E-state index in [0.29, 0.717) is 15.8 Å². The number of thioether (sulfide) groups is 1.